The van der Waals surface area contributed by atoms with Crippen molar-refractivity contribution in [3.63, 3.8) is 0 Å². The lowest BCUT2D eigenvalue weighted by molar-refractivity contribution is -0.139. The zero-order valence-corrected chi connectivity index (χ0v) is 10.2. The number of carbonyl (C=O) groups is 2. The molecule has 0 aromatic carbocycles. The van der Waals surface area contributed by atoms with Crippen LogP contribution < -0.4 is 10.6 Å². The van der Waals surface area contributed by atoms with Gasteiger partial charge in [0.2, 0.25) is 0 Å². The molecule has 2 atom stereocenters. The molecular formula is C11H14N2O3S. The van der Waals surface area contributed by atoms with Gasteiger partial charge in [-0.2, -0.15) is 0 Å². The summed E-state index contributed by atoms with van der Waals surface area (Å²) in [6.07, 6.45) is 1.56. The number of carboxylic acids is 1. The zero-order valence-electron chi connectivity index (χ0n) is 9.34. The van der Waals surface area contributed by atoms with Gasteiger partial charge in [0.25, 0.3) is 0 Å². The van der Waals surface area contributed by atoms with Crippen molar-refractivity contribution in [2.24, 2.45) is 0 Å². The number of aliphatic carboxylic acids is 1. The molecule has 5 nitrogen and oxygen atoms in total. The summed E-state index contributed by atoms with van der Waals surface area (Å²) in [6.45, 7) is 5.26. The molecule has 2 amide bonds. The molecule has 0 aliphatic heterocycles. The van der Waals surface area contributed by atoms with Crippen LogP contribution in [0.5, 0.6) is 0 Å². The average molecular weight is 254 g/mol. The van der Waals surface area contributed by atoms with Gasteiger partial charge in [-0.3, -0.25) is 0 Å². The summed E-state index contributed by atoms with van der Waals surface area (Å²) in [5.74, 6) is -1.09. The van der Waals surface area contributed by atoms with Crippen LogP contribution in [0.1, 0.15) is 17.8 Å². The minimum absolute atomic E-state index is 0.215. The van der Waals surface area contributed by atoms with Gasteiger partial charge in [0.05, 0.1) is 0 Å². The van der Waals surface area contributed by atoms with Gasteiger partial charge in [0.1, 0.15) is 0 Å². The largest absolute Gasteiger partial charge is 0.479 e. The fraction of sp³-hybridized carbons (Fsp3) is 0.273. The van der Waals surface area contributed by atoms with Gasteiger partial charge in [0, 0.05) is 10.9 Å². The van der Waals surface area contributed by atoms with Crippen LogP contribution in [0, 0.1) is 0 Å². The number of urea groups is 1. The Morgan fingerprint density at radius 3 is 2.71 bits per heavy atom. The summed E-state index contributed by atoms with van der Waals surface area (Å²) in [5, 5.41) is 15.7. The lowest BCUT2D eigenvalue weighted by Crippen LogP contribution is -2.43. The predicted octanol–water partition coefficient (Wildman–Crippen LogP) is 1.75. The highest BCUT2D eigenvalue weighted by Crippen LogP contribution is 2.18. The van der Waals surface area contributed by atoms with Crippen LogP contribution >= 0.6 is 11.3 Å². The first-order chi connectivity index (χ1) is 8.04. The molecule has 1 rings (SSSR count). The second-order valence-electron chi connectivity index (χ2n) is 3.43. The second-order valence-corrected chi connectivity index (χ2v) is 4.41. The number of hydrogen-bond acceptors (Lipinski definition) is 3. The fourth-order valence-corrected chi connectivity index (χ4v) is 1.92. The molecule has 1 aromatic rings. The number of amides is 2. The molecule has 0 aliphatic rings. The number of carboxylic acid groups (broad SMARTS) is 1. The summed E-state index contributed by atoms with van der Waals surface area (Å²) in [6, 6.07) is 1.64. The highest BCUT2D eigenvalue weighted by Gasteiger charge is 2.23. The molecule has 1 aromatic heterocycles. The first-order valence-electron chi connectivity index (χ1n) is 5.00. The summed E-state index contributed by atoms with van der Waals surface area (Å²) < 4.78 is 0. The van der Waals surface area contributed by atoms with Crippen LogP contribution in [0.2, 0.25) is 0 Å². The number of hydrogen-bond donors (Lipinski definition) is 3. The van der Waals surface area contributed by atoms with Crippen molar-refractivity contribution >= 4 is 23.3 Å². The van der Waals surface area contributed by atoms with E-state index in [1.807, 2.05) is 0 Å². The molecule has 6 heteroatoms. The Morgan fingerprint density at radius 1 is 1.53 bits per heavy atom. The fourth-order valence-electron chi connectivity index (χ4n) is 1.15. The van der Waals surface area contributed by atoms with E-state index in [9.17, 15) is 9.59 Å². The van der Waals surface area contributed by atoms with Crippen molar-refractivity contribution < 1.29 is 14.7 Å². The molecule has 0 fully saturated rings. The Balaban J connectivity index is 2.65. The topological polar surface area (TPSA) is 78.4 Å². The van der Waals surface area contributed by atoms with E-state index in [0.29, 0.717) is 4.88 Å². The van der Waals surface area contributed by atoms with Crippen molar-refractivity contribution in [1.29, 1.82) is 0 Å². The first-order valence-corrected chi connectivity index (χ1v) is 5.88. The number of rotatable bonds is 5. The van der Waals surface area contributed by atoms with Crippen molar-refractivity contribution in [3.8, 4) is 0 Å². The quantitative estimate of drug-likeness (QED) is 0.700. The molecule has 0 spiro atoms. The van der Waals surface area contributed by atoms with Gasteiger partial charge in [-0.25, -0.2) is 9.59 Å². The van der Waals surface area contributed by atoms with E-state index in [1.165, 1.54) is 11.3 Å². The highest BCUT2D eigenvalue weighted by atomic mass is 32.1. The second kappa shape index (κ2) is 6.05. The van der Waals surface area contributed by atoms with Crippen LogP contribution in [0.15, 0.2) is 30.2 Å². The highest BCUT2D eigenvalue weighted by molar-refractivity contribution is 7.10. The van der Waals surface area contributed by atoms with E-state index < -0.39 is 18.0 Å². The van der Waals surface area contributed by atoms with Gasteiger partial charge in [-0.1, -0.05) is 12.1 Å². The Hall–Kier alpha value is -1.82. The summed E-state index contributed by atoms with van der Waals surface area (Å²) in [5.41, 5.74) is 0. The van der Waals surface area contributed by atoms with Crippen LogP contribution in [-0.4, -0.2) is 23.1 Å². The van der Waals surface area contributed by atoms with Crippen LogP contribution in [0.4, 0.5) is 4.79 Å². The van der Waals surface area contributed by atoms with Crippen LogP contribution in [0.25, 0.3) is 0 Å². The van der Waals surface area contributed by atoms with E-state index in [1.54, 1.807) is 30.5 Å². The van der Waals surface area contributed by atoms with E-state index >= 15 is 0 Å². The average Bonchev–Trinajstić information content (AvgIpc) is 2.78. The first kappa shape index (κ1) is 13.2. The zero-order chi connectivity index (χ0) is 12.8. The molecule has 92 valence electrons. The van der Waals surface area contributed by atoms with Crippen LogP contribution in [-0.2, 0) is 4.79 Å². The minimum Gasteiger partial charge on any atom is -0.479 e. The molecule has 17 heavy (non-hydrogen) atoms. The van der Waals surface area contributed by atoms with E-state index in [-0.39, 0.29) is 6.04 Å². The third kappa shape index (κ3) is 3.92. The maximum Gasteiger partial charge on any atom is 0.331 e. The normalized spacial score (nSPS) is 13.5. The Labute approximate surface area is 103 Å². The Kier molecular flexibility index (Phi) is 4.71. The molecule has 2 unspecified atom stereocenters. The van der Waals surface area contributed by atoms with Crippen molar-refractivity contribution in [3.05, 3.63) is 35.0 Å². The molecule has 1 heterocycles. The smallest absolute Gasteiger partial charge is 0.331 e. The minimum atomic E-state index is -1.09. The summed E-state index contributed by atoms with van der Waals surface area (Å²) in [4.78, 5) is 23.1. The molecule has 0 aliphatic carbocycles. The Bertz CT molecular complexity index is 403. The molecular weight excluding hydrogens is 240 g/mol. The maximum absolute atomic E-state index is 11.5. The van der Waals surface area contributed by atoms with Gasteiger partial charge in [-0.05, 0) is 18.4 Å². The lowest BCUT2D eigenvalue weighted by Gasteiger charge is -2.15. The SMILES string of the molecule is C=CC(C)NC(=O)NC(C(=O)O)c1cccs1. The maximum atomic E-state index is 11.5. The van der Waals surface area contributed by atoms with Crippen molar-refractivity contribution in [2.75, 3.05) is 0 Å². The standard InChI is InChI=1S/C11H14N2O3S/c1-3-7(2)12-11(16)13-9(10(14)15)8-5-4-6-17-8/h3-7,9H,1H2,2H3,(H,14,15)(H2,12,13,16). The van der Waals surface area contributed by atoms with Crippen molar-refractivity contribution in [1.82, 2.24) is 10.6 Å². The van der Waals surface area contributed by atoms with Gasteiger partial charge in [0.15, 0.2) is 6.04 Å². The number of nitrogens with one attached hydrogen (secondary N) is 2. The third-order valence-corrected chi connectivity index (χ3v) is 3.00. The van der Waals surface area contributed by atoms with Gasteiger partial charge in [-0.15, -0.1) is 17.9 Å². The molecule has 0 saturated carbocycles. The summed E-state index contributed by atoms with van der Waals surface area (Å²) in [7, 11) is 0. The monoisotopic (exact) mass is 254 g/mol. The van der Waals surface area contributed by atoms with E-state index in [0.717, 1.165) is 0 Å². The predicted molar refractivity (Wildman–Crippen MR) is 66.0 cm³/mol. The molecule has 3 N–H and O–H groups in total. The lowest BCUT2D eigenvalue weighted by atomic mass is 10.2. The van der Waals surface area contributed by atoms with E-state index in [2.05, 4.69) is 17.2 Å². The number of carbonyl (C=O) groups excluding carboxylic acids is 1. The van der Waals surface area contributed by atoms with Crippen molar-refractivity contribution in [2.45, 2.75) is 19.0 Å². The van der Waals surface area contributed by atoms with Crippen LogP contribution in [0.3, 0.4) is 0 Å². The molecule has 0 saturated heterocycles. The molecule has 0 bridgehead atoms. The molecule has 0 radical (unpaired) electrons. The van der Waals surface area contributed by atoms with Gasteiger partial charge < -0.3 is 15.7 Å². The summed E-state index contributed by atoms with van der Waals surface area (Å²) >= 11 is 1.28. The number of thiophene rings is 1. The van der Waals surface area contributed by atoms with Gasteiger partial charge >= 0.3 is 12.0 Å². The third-order valence-electron chi connectivity index (χ3n) is 2.06. The van der Waals surface area contributed by atoms with E-state index in [4.69, 9.17) is 5.11 Å². The Morgan fingerprint density at radius 2 is 2.24 bits per heavy atom.